The average molecular weight is 451 g/mol. The van der Waals surface area contributed by atoms with Crippen molar-refractivity contribution in [2.45, 2.75) is 31.7 Å². The van der Waals surface area contributed by atoms with Crippen molar-refractivity contribution < 1.29 is 39.0 Å². The lowest BCUT2D eigenvalue weighted by Gasteiger charge is -2.33. The fourth-order valence-corrected chi connectivity index (χ4v) is 3.37. The number of β-amino-alcohol motifs (C(OH)–C–C–N with tert-alkyl or cyclic N) is 1. The number of nitrogens with one attached hydrogen (secondary N) is 1. The predicted octanol–water partition coefficient (Wildman–Crippen LogP) is -1.53. The van der Waals surface area contributed by atoms with E-state index in [0.717, 1.165) is 26.1 Å². The van der Waals surface area contributed by atoms with E-state index in [9.17, 15) is 10.2 Å². The standard InChI is InChI=1S/C21H42N2O8/c1-2-21(17-30-13-20-14-31-20,15-28-11-18(25)9-22-3-6-24)16-29-12-19(26)10-23-4-7-27-8-5-23/h18-20,22,24-26H,2-17H2,1H3. The van der Waals surface area contributed by atoms with Crippen LogP contribution >= 0.6 is 0 Å². The average Bonchev–Trinajstić information content (AvgIpc) is 3.58. The van der Waals surface area contributed by atoms with Gasteiger partial charge in [0.05, 0.1) is 78.3 Å². The first-order valence-electron chi connectivity index (χ1n) is 11.4. The van der Waals surface area contributed by atoms with Crippen LogP contribution in [0.1, 0.15) is 13.3 Å². The van der Waals surface area contributed by atoms with Crippen molar-refractivity contribution >= 4 is 0 Å². The Labute approximate surface area is 185 Å². The van der Waals surface area contributed by atoms with Crippen LogP contribution in [0, 0.1) is 5.41 Å². The first-order chi connectivity index (χ1) is 15.1. The van der Waals surface area contributed by atoms with Crippen LogP contribution < -0.4 is 5.32 Å². The molecule has 0 bridgehead atoms. The van der Waals surface area contributed by atoms with Gasteiger partial charge >= 0.3 is 0 Å². The van der Waals surface area contributed by atoms with Crippen molar-refractivity contribution in [3.8, 4) is 0 Å². The highest BCUT2D eigenvalue weighted by Crippen LogP contribution is 2.25. The number of hydrogen-bond donors (Lipinski definition) is 4. The van der Waals surface area contributed by atoms with Gasteiger partial charge in [0, 0.05) is 38.1 Å². The van der Waals surface area contributed by atoms with E-state index < -0.39 is 12.2 Å². The highest BCUT2D eigenvalue weighted by molar-refractivity contribution is 4.80. The lowest BCUT2D eigenvalue weighted by atomic mass is 9.88. The highest BCUT2D eigenvalue weighted by Gasteiger charge is 2.32. The summed E-state index contributed by atoms with van der Waals surface area (Å²) in [6, 6.07) is 0. The normalized spacial score (nSPS) is 23.4. The minimum Gasteiger partial charge on any atom is -0.395 e. The molecule has 4 atom stereocenters. The van der Waals surface area contributed by atoms with Gasteiger partial charge < -0.3 is 44.3 Å². The molecule has 0 radical (unpaired) electrons. The van der Waals surface area contributed by atoms with Crippen molar-refractivity contribution in [1.29, 1.82) is 0 Å². The van der Waals surface area contributed by atoms with Crippen molar-refractivity contribution in [2.24, 2.45) is 5.41 Å². The molecule has 0 aromatic heterocycles. The Morgan fingerprint density at radius 2 is 1.71 bits per heavy atom. The molecule has 0 amide bonds. The monoisotopic (exact) mass is 450 g/mol. The van der Waals surface area contributed by atoms with Gasteiger partial charge in [-0.3, -0.25) is 4.90 Å². The van der Waals surface area contributed by atoms with Crippen LogP contribution in [-0.2, 0) is 23.7 Å². The second-order valence-electron chi connectivity index (χ2n) is 8.50. The van der Waals surface area contributed by atoms with Crippen LogP contribution in [0.3, 0.4) is 0 Å². The first kappa shape index (κ1) is 26.8. The second-order valence-corrected chi connectivity index (χ2v) is 8.50. The maximum absolute atomic E-state index is 10.3. The number of rotatable bonds is 19. The van der Waals surface area contributed by atoms with Crippen LogP contribution in [0.4, 0.5) is 0 Å². The first-order valence-corrected chi connectivity index (χ1v) is 11.4. The summed E-state index contributed by atoms with van der Waals surface area (Å²) in [5, 5.41) is 32.1. The number of nitrogens with zero attached hydrogens (tertiary/aromatic N) is 1. The third-order valence-electron chi connectivity index (χ3n) is 5.54. The molecule has 0 saturated carbocycles. The Morgan fingerprint density at radius 1 is 1.06 bits per heavy atom. The molecule has 10 heteroatoms. The van der Waals surface area contributed by atoms with E-state index in [1.165, 1.54) is 0 Å². The Kier molecular flexibility index (Phi) is 13.4. The van der Waals surface area contributed by atoms with Gasteiger partial charge in [-0.1, -0.05) is 6.92 Å². The summed E-state index contributed by atoms with van der Waals surface area (Å²) in [4.78, 5) is 2.18. The highest BCUT2D eigenvalue weighted by atomic mass is 16.6. The molecule has 4 N–H and O–H groups in total. The summed E-state index contributed by atoms with van der Waals surface area (Å²) in [7, 11) is 0. The molecule has 2 fully saturated rings. The van der Waals surface area contributed by atoms with Crippen LogP contribution in [0.2, 0.25) is 0 Å². The van der Waals surface area contributed by atoms with E-state index in [2.05, 4.69) is 17.1 Å². The number of aliphatic hydroxyl groups excluding tert-OH is 3. The van der Waals surface area contributed by atoms with E-state index in [1.54, 1.807) is 0 Å². The van der Waals surface area contributed by atoms with Gasteiger partial charge in [-0.25, -0.2) is 0 Å². The Bertz CT molecular complexity index is 451. The zero-order valence-electron chi connectivity index (χ0n) is 18.9. The zero-order valence-corrected chi connectivity index (χ0v) is 18.9. The molecule has 0 aromatic carbocycles. The molecule has 0 spiro atoms. The van der Waals surface area contributed by atoms with E-state index in [1.807, 2.05) is 0 Å². The lowest BCUT2D eigenvalue weighted by Crippen LogP contribution is -2.43. The van der Waals surface area contributed by atoms with Gasteiger partial charge in [0.15, 0.2) is 0 Å². The molecule has 0 aliphatic carbocycles. The van der Waals surface area contributed by atoms with E-state index in [4.69, 9.17) is 28.8 Å². The fourth-order valence-electron chi connectivity index (χ4n) is 3.37. The van der Waals surface area contributed by atoms with Crippen LogP contribution in [0.15, 0.2) is 0 Å². The number of hydrogen-bond acceptors (Lipinski definition) is 10. The minimum absolute atomic E-state index is 0.0310. The van der Waals surface area contributed by atoms with E-state index in [-0.39, 0.29) is 31.3 Å². The minimum atomic E-state index is -0.654. The molecule has 2 aliphatic rings. The summed E-state index contributed by atoms with van der Waals surface area (Å²) in [6.45, 7) is 9.49. The summed E-state index contributed by atoms with van der Waals surface area (Å²) in [5.41, 5.74) is -0.369. The lowest BCUT2D eigenvalue weighted by molar-refractivity contribution is -0.0960. The van der Waals surface area contributed by atoms with Crippen LogP contribution in [0.25, 0.3) is 0 Å². The molecule has 2 saturated heterocycles. The molecule has 10 nitrogen and oxygen atoms in total. The fraction of sp³-hybridized carbons (Fsp3) is 1.00. The molecule has 2 aliphatic heterocycles. The zero-order chi connectivity index (χ0) is 22.4. The van der Waals surface area contributed by atoms with Gasteiger partial charge in [-0.15, -0.1) is 0 Å². The molecule has 2 rings (SSSR count). The SMILES string of the molecule is CCC(COCC(O)CNCCO)(COCC(O)CN1CCOCC1)COCC1CO1. The Balaban J connectivity index is 1.73. The maximum atomic E-state index is 10.3. The summed E-state index contributed by atoms with van der Waals surface area (Å²) >= 11 is 0. The Morgan fingerprint density at radius 3 is 2.32 bits per heavy atom. The molecular weight excluding hydrogens is 408 g/mol. The van der Waals surface area contributed by atoms with Gasteiger partial charge in [0.2, 0.25) is 0 Å². The molecule has 31 heavy (non-hydrogen) atoms. The van der Waals surface area contributed by atoms with E-state index >= 15 is 0 Å². The molecule has 4 unspecified atom stereocenters. The summed E-state index contributed by atoms with van der Waals surface area (Å²) in [6.07, 6.45) is -0.255. The van der Waals surface area contributed by atoms with Crippen molar-refractivity contribution in [2.75, 3.05) is 98.8 Å². The third-order valence-corrected chi connectivity index (χ3v) is 5.54. The quantitative estimate of drug-likeness (QED) is 0.136. The molecular formula is C21H42N2O8. The number of epoxide rings is 1. The van der Waals surface area contributed by atoms with Crippen molar-refractivity contribution in [1.82, 2.24) is 10.2 Å². The number of aliphatic hydroxyl groups is 3. The van der Waals surface area contributed by atoms with Crippen LogP contribution in [-0.4, -0.2) is 137 Å². The van der Waals surface area contributed by atoms with Crippen molar-refractivity contribution in [3.05, 3.63) is 0 Å². The van der Waals surface area contributed by atoms with Gasteiger partial charge in [-0.05, 0) is 6.42 Å². The van der Waals surface area contributed by atoms with Crippen LogP contribution in [0.5, 0.6) is 0 Å². The number of ether oxygens (including phenoxy) is 5. The second kappa shape index (κ2) is 15.4. The molecule has 0 aromatic rings. The van der Waals surface area contributed by atoms with E-state index in [0.29, 0.717) is 59.3 Å². The van der Waals surface area contributed by atoms with Gasteiger partial charge in [-0.2, -0.15) is 0 Å². The largest absolute Gasteiger partial charge is 0.395 e. The van der Waals surface area contributed by atoms with Crippen molar-refractivity contribution in [3.63, 3.8) is 0 Å². The maximum Gasteiger partial charge on any atom is 0.104 e. The third kappa shape index (κ3) is 11.9. The summed E-state index contributed by atoms with van der Waals surface area (Å²) < 4.78 is 28.1. The molecule has 2 heterocycles. The van der Waals surface area contributed by atoms with Gasteiger partial charge in [0.1, 0.15) is 6.10 Å². The molecule has 184 valence electrons. The topological polar surface area (TPSA) is 125 Å². The number of morpholine rings is 1. The smallest absolute Gasteiger partial charge is 0.104 e. The Hall–Kier alpha value is -0.400. The summed E-state index contributed by atoms with van der Waals surface area (Å²) in [5.74, 6) is 0. The van der Waals surface area contributed by atoms with Gasteiger partial charge in [0.25, 0.3) is 0 Å². The predicted molar refractivity (Wildman–Crippen MR) is 114 cm³/mol.